The number of piperazine rings is 1. The van der Waals surface area contributed by atoms with Crippen LogP contribution in [0.15, 0.2) is 42.9 Å². The number of alkyl halides is 3. The van der Waals surface area contributed by atoms with Crippen molar-refractivity contribution in [1.29, 1.82) is 0 Å². The number of hydrogen-bond donors (Lipinski definition) is 2. The summed E-state index contributed by atoms with van der Waals surface area (Å²) in [5.41, 5.74) is 3.21. The van der Waals surface area contributed by atoms with Crippen molar-refractivity contribution in [1.82, 2.24) is 34.4 Å². The van der Waals surface area contributed by atoms with Crippen molar-refractivity contribution in [2.45, 2.75) is 38.7 Å². The maximum Gasteiger partial charge on any atom is 0.443 e. The lowest BCUT2D eigenvalue weighted by atomic mass is 10.1. The zero-order valence-corrected chi connectivity index (χ0v) is 22.4. The van der Waals surface area contributed by atoms with Crippen molar-refractivity contribution >= 4 is 44.4 Å². The molecule has 1 aromatic carbocycles. The molecule has 208 valence electrons. The van der Waals surface area contributed by atoms with E-state index in [0.29, 0.717) is 63.7 Å². The number of benzene rings is 1. The predicted molar refractivity (Wildman–Crippen MR) is 144 cm³/mol. The number of imidazole rings is 2. The number of nitrogens with one attached hydrogen (secondary N) is 1. The van der Waals surface area contributed by atoms with E-state index in [4.69, 9.17) is 0 Å². The fourth-order valence-corrected chi connectivity index (χ4v) is 5.93. The number of hydrogen-bond acceptors (Lipinski definition) is 8. The zero-order valence-electron chi connectivity index (χ0n) is 21.6. The van der Waals surface area contributed by atoms with Gasteiger partial charge in [0.2, 0.25) is 10.9 Å². The maximum absolute atomic E-state index is 13.8. The largest absolute Gasteiger partial charge is 0.443 e. The predicted octanol–water partition coefficient (Wildman–Crippen LogP) is 4.24. The van der Waals surface area contributed by atoms with E-state index in [-0.39, 0.29) is 30.0 Å². The highest BCUT2D eigenvalue weighted by molar-refractivity contribution is 7.16. The van der Waals surface area contributed by atoms with E-state index in [2.05, 4.69) is 24.9 Å². The van der Waals surface area contributed by atoms with E-state index in [1.54, 1.807) is 53.2 Å². The summed E-state index contributed by atoms with van der Waals surface area (Å²) in [7, 11) is 0. The first kappa shape index (κ1) is 26.2. The van der Waals surface area contributed by atoms with Gasteiger partial charge in [0.15, 0.2) is 11.5 Å². The topological polar surface area (TPSA) is 116 Å². The molecule has 6 rings (SSSR count). The fourth-order valence-electron chi connectivity index (χ4n) is 4.96. The van der Waals surface area contributed by atoms with Crippen molar-refractivity contribution in [3.63, 3.8) is 0 Å². The molecule has 1 amide bonds. The lowest BCUT2D eigenvalue weighted by molar-refractivity contribution is -0.137. The number of thiazole rings is 1. The van der Waals surface area contributed by atoms with Gasteiger partial charge in [-0.2, -0.15) is 13.2 Å². The number of aromatic nitrogens is 6. The van der Waals surface area contributed by atoms with Crippen LogP contribution in [0.5, 0.6) is 0 Å². The van der Waals surface area contributed by atoms with Crippen LogP contribution in [0.2, 0.25) is 0 Å². The molecule has 1 fully saturated rings. The molecule has 0 saturated carbocycles. The quantitative estimate of drug-likeness (QED) is 0.325. The number of nitrogens with zero attached hydrogens (tertiary/aromatic N) is 7. The number of anilines is 1. The highest BCUT2D eigenvalue weighted by atomic mass is 32.1. The molecule has 4 aromatic heterocycles. The molecule has 1 saturated heterocycles. The summed E-state index contributed by atoms with van der Waals surface area (Å²) in [5.74, 6) is 0.0916. The highest BCUT2D eigenvalue weighted by Crippen LogP contribution is 2.43. The molecule has 14 heteroatoms. The number of rotatable bonds is 5. The van der Waals surface area contributed by atoms with Gasteiger partial charge in [0, 0.05) is 31.9 Å². The Balaban J connectivity index is 1.26. The molecule has 0 radical (unpaired) electrons. The smallest absolute Gasteiger partial charge is 0.389 e. The minimum Gasteiger partial charge on any atom is -0.389 e. The third kappa shape index (κ3) is 4.77. The Labute approximate surface area is 230 Å². The molecule has 10 nitrogen and oxygen atoms in total. The Bertz CT molecular complexity index is 1710. The number of fused-ring (bicyclic) bond motifs is 2. The van der Waals surface area contributed by atoms with Crippen LogP contribution < -0.4 is 4.90 Å². The SMILES string of the molecule is CC1CN(c2sc(C(F)(F)F)nc2-c2nc3ccc([C@@H](C)O)cc3[nH]2)CCN1C(=O)Cn1cnc2cccnc21. The average molecular weight is 571 g/mol. The average Bonchev–Trinajstić information content (AvgIpc) is 3.64. The van der Waals surface area contributed by atoms with E-state index in [1.807, 2.05) is 17.9 Å². The van der Waals surface area contributed by atoms with E-state index in [0.717, 1.165) is 0 Å². The summed E-state index contributed by atoms with van der Waals surface area (Å²) in [5, 5.41) is 9.28. The third-order valence-electron chi connectivity index (χ3n) is 6.98. The molecular formula is C26H25F3N8O2S. The Hall–Kier alpha value is -4.04. The summed E-state index contributed by atoms with van der Waals surface area (Å²) in [6.45, 7) is 4.56. The van der Waals surface area contributed by atoms with Crippen LogP contribution in [0.3, 0.4) is 0 Å². The maximum atomic E-state index is 13.8. The number of pyridine rings is 1. The summed E-state index contributed by atoms with van der Waals surface area (Å²) in [4.78, 5) is 36.9. The number of aliphatic hydroxyl groups excluding tert-OH is 1. The first-order valence-electron chi connectivity index (χ1n) is 12.6. The van der Waals surface area contributed by atoms with Gasteiger partial charge in [-0.15, -0.1) is 0 Å². The number of carbonyl (C=O) groups is 1. The van der Waals surface area contributed by atoms with Crippen LogP contribution in [-0.4, -0.2) is 71.1 Å². The third-order valence-corrected chi connectivity index (χ3v) is 8.14. The molecule has 5 aromatic rings. The van der Waals surface area contributed by atoms with Crippen LogP contribution >= 0.6 is 11.3 Å². The van der Waals surface area contributed by atoms with Crippen molar-refractivity contribution in [2.24, 2.45) is 0 Å². The van der Waals surface area contributed by atoms with Gasteiger partial charge < -0.3 is 24.5 Å². The molecule has 0 bridgehead atoms. The van der Waals surface area contributed by atoms with Gasteiger partial charge in [-0.3, -0.25) is 4.79 Å². The molecule has 40 heavy (non-hydrogen) atoms. The van der Waals surface area contributed by atoms with Crippen LogP contribution in [0, 0.1) is 0 Å². The Morgan fingerprint density at radius 2 is 2.02 bits per heavy atom. The molecule has 2 N–H and O–H groups in total. The lowest BCUT2D eigenvalue weighted by Gasteiger charge is -2.40. The van der Waals surface area contributed by atoms with Crippen molar-refractivity contribution in [3.8, 4) is 11.5 Å². The van der Waals surface area contributed by atoms with Crippen molar-refractivity contribution < 1.29 is 23.1 Å². The van der Waals surface area contributed by atoms with Crippen LogP contribution in [0.25, 0.3) is 33.7 Å². The second-order valence-electron chi connectivity index (χ2n) is 9.81. The molecular weight excluding hydrogens is 545 g/mol. The van der Waals surface area contributed by atoms with Crippen molar-refractivity contribution in [2.75, 3.05) is 24.5 Å². The first-order chi connectivity index (χ1) is 19.1. The number of amides is 1. The first-order valence-corrected chi connectivity index (χ1v) is 13.5. The number of carbonyl (C=O) groups excluding carboxylic acids is 1. The van der Waals surface area contributed by atoms with Gasteiger partial charge in [0.25, 0.3) is 0 Å². The second-order valence-corrected chi connectivity index (χ2v) is 10.8. The number of halogens is 3. The molecule has 0 spiro atoms. The van der Waals surface area contributed by atoms with E-state index in [1.165, 1.54) is 0 Å². The summed E-state index contributed by atoms with van der Waals surface area (Å²) in [6, 6.07) is 8.48. The van der Waals surface area contributed by atoms with Gasteiger partial charge >= 0.3 is 6.18 Å². The fraction of sp³-hybridized carbons (Fsp3) is 0.346. The number of H-pyrrole nitrogens is 1. The van der Waals surface area contributed by atoms with Gasteiger partial charge in [0.05, 0.1) is 23.5 Å². The lowest BCUT2D eigenvalue weighted by Crippen LogP contribution is -2.54. The minimum absolute atomic E-state index is 0.0648. The highest BCUT2D eigenvalue weighted by Gasteiger charge is 2.39. The Morgan fingerprint density at radius 3 is 2.77 bits per heavy atom. The zero-order chi connectivity index (χ0) is 28.2. The molecule has 0 aliphatic carbocycles. The van der Waals surface area contributed by atoms with E-state index >= 15 is 0 Å². The monoisotopic (exact) mass is 570 g/mol. The Morgan fingerprint density at radius 1 is 1.20 bits per heavy atom. The van der Waals surface area contributed by atoms with Gasteiger partial charge in [-0.05, 0) is 43.7 Å². The minimum atomic E-state index is -4.62. The van der Waals surface area contributed by atoms with Crippen molar-refractivity contribution in [3.05, 3.63) is 53.4 Å². The molecule has 1 unspecified atom stereocenters. The van der Waals surface area contributed by atoms with Gasteiger partial charge in [-0.25, -0.2) is 19.9 Å². The number of aliphatic hydroxyl groups is 1. The summed E-state index contributed by atoms with van der Waals surface area (Å²) >= 11 is 0.568. The Kier molecular flexibility index (Phi) is 6.45. The summed E-state index contributed by atoms with van der Waals surface area (Å²) < 4.78 is 42.9. The van der Waals surface area contributed by atoms with Gasteiger partial charge in [0.1, 0.15) is 22.8 Å². The molecule has 2 atom stereocenters. The van der Waals surface area contributed by atoms with E-state index < -0.39 is 17.3 Å². The summed E-state index contributed by atoms with van der Waals surface area (Å²) in [6.07, 6.45) is -2.10. The van der Waals surface area contributed by atoms with Crippen LogP contribution in [0.4, 0.5) is 18.2 Å². The molecule has 1 aliphatic heterocycles. The standard InChI is InChI=1S/C26H25F3N8O2S/c1-14-11-35(8-9-37(14)20(39)12-36-13-31-18-4-3-7-30-23(18)36)24-21(34-25(40-24)26(27,28)29)22-32-17-6-5-16(15(2)38)10-19(17)33-22/h3-7,10,13-15,38H,8-9,11-12H2,1-2H3,(H,32,33)/t14?,15-/m1/s1. The molecule has 1 aliphatic rings. The van der Waals surface area contributed by atoms with E-state index in [9.17, 15) is 23.1 Å². The van der Waals surface area contributed by atoms with Crippen LogP contribution in [0.1, 0.15) is 30.5 Å². The number of aromatic amines is 1. The van der Waals surface area contributed by atoms with Gasteiger partial charge in [-0.1, -0.05) is 17.4 Å². The normalized spacial score (nSPS) is 17.2. The van der Waals surface area contributed by atoms with Crippen LogP contribution in [-0.2, 0) is 17.5 Å². The second kappa shape index (κ2) is 9.86. The molecule has 5 heterocycles.